The van der Waals surface area contributed by atoms with Crippen LogP contribution in [0.1, 0.15) is 31.7 Å². The molecule has 92 valence electrons. The molecule has 1 aromatic carbocycles. The Labute approximate surface area is 102 Å². The molecule has 0 bridgehead atoms. The van der Waals surface area contributed by atoms with Crippen molar-refractivity contribution in [3.63, 3.8) is 0 Å². The largest absolute Gasteiger partial charge is 0.444 e. The molecule has 1 saturated heterocycles. The van der Waals surface area contributed by atoms with Gasteiger partial charge in [-0.2, -0.15) is 0 Å². The van der Waals surface area contributed by atoms with E-state index in [1.807, 2.05) is 31.2 Å². The first-order valence-electron chi connectivity index (χ1n) is 6.25. The minimum atomic E-state index is -0.213. The summed E-state index contributed by atoms with van der Waals surface area (Å²) in [6, 6.07) is 7.97. The average Bonchev–Trinajstić information content (AvgIpc) is 2.69. The molecule has 1 aliphatic rings. The van der Waals surface area contributed by atoms with E-state index < -0.39 is 0 Å². The molecule has 0 aliphatic carbocycles. The second-order valence-corrected chi connectivity index (χ2v) is 4.59. The van der Waals surface area contributed by atoms with E-state index >= 15 is 0 Å². The maximum Gasteiger partial charge on any atom is 0.414 e. The highest BCUT2D eigenvalue weighted by molar-refractivity contribution is 5.89. The maximum absolute atomic E-state index is 11.7. The zero-order valence-corrected chi connectivity index (χ0v) is 10.5. The lowest BCUT2D eigenvalue weighted by molar-refractivity contribution is 0.135. The number of unbranched alkanes of at least 4 members (excludes halogenated alkanes) is 1. The molecule has 17 heavy (non-hydrogen) atoms. The van der Waals surface area contributed by atoms with Gasteiger partial charge in [0.05, 0.1) is 6.54 Å². The molecule has 0 radical (unpaired) electrons. The molecule has 3 nitrogen and oxygen atoms in total. The van der Waals surface area contributed by atoms with Crippen molar-refractivity contribution in [1.29, 1.82) is 0 Å². The van der Waals surface area contributed by atoms with Crippen molar-refractivity contribution in [2.24, 2.45) is 0 Å². The van der Waals surface area contributed by atoms with Crippen LogP contribution in [0.4, 0.5) is 10.5 Å². The normalized spacial score (nSPS) is 19.5. The number of hydrogen-bond donors (Lipinski definition) is 0. The van der Waals surface area contributed by atoms with Crippen molar-refractivity contribution in [3.05, 3.63) is 29.8 Å². The molecular formula is C14H19NO2. The Bertz CT molecular complexity index is 386. The van der Waals surface area contributed by atoms with Gasteiger partial charge in [-0.05, 0) is 31.9 Å². The van der Waals surface area contributed by atoms with Gasteiger partial charge in [0, 0.05) is 5.69 Å². The lowest BCUT2D eigenvalue weighted by atomic mass is 10.1. The molecule has 1 atom stereocenters. The van der Waals surface area contributed by atoms with Gasteiger partial charge in [-0.1, -0.05) is 31.0 Å². The van der Waals surface area contributed by atoms with Gasteiger partial charge in [0.1, 0.15) is 6.10 Å². The van der Waals surface area contributed by atoms with E-state index in [1.54, 1.807) is 4.90 Å². The topological polar surface area (TPSA) is 29.5 Å². The van der Waals surface area contributed by atoms with E-state index in [9.17, 15) is 4.79 Å². The quantitative estimate of drug-likeness (QED) is 0.796. The van der Waals surface area contributed by atoms with Gasteiger partial charge in [0.25, 0.3) is 0 Å². The van der Waals surface area contributed by atoms with Crippen molar-refractivity contribution in [2.45, 2.75) is 39.2 Å². The van der Waals surface area contributed by atoms with Crippen LogP contribution >= 0.6 is 0 Å². The predicted octanol–water partition coefficient (Wildman–Crippen LogP) is 3.51. The van der Waals surface area contributed by atoms with E-state index in [2.05, 4.69) is 6.92 Å². The van der Waals surface area contributed by atoms with Crippen LogP contribution in [0, 0.1) is 6.92 Å². The van der Waals surface area contributed by atoms with Crippen molar-refractivity contribution < 1.29 is 9.53 Å². The summed E-state index contributed by atoms with van der Waals surface area (Å²) in [7, 11) is 0. The standard InChI is InChI=1S/C14H19NO2/c1-3-4-5-13-10-15(14(16)17-13)12-8-6-11(2)7-9-12/h6-9,13H,3-5,10H2,1-2H3. The molecule has 1 heterocycles. The molecule has 0 spiro atoms. The Kier molecular flexibility index (Phi) is 3.67. The fourth-order valence-corrected chi connectivity index (χ4v) is 2.04. The zero-order valence-electron chi connectivity index (χ0n) is 10.5. The van der Waals surface area contributed by atoms with Gasteiger partial charge in [-0.15, -0.1) is 0 Å². The van der Waals surface area contributed by atoms with Crippen molar-refractivity contribution in [2.75, 3.05) is 11.4 Å². The van der Waals surface area contributed by atoms with E-state index in [-0.39, 0.29) is 12.2 Å². The van der Waals surface area contributed by atoms with E-state index in [0.717, 1.165) is 24.9 Å². The van der Waals surface area contributed by atoms with Crippen LogP contribution in [0.2, 0.25) is 0 Å². The van der Waals surface area contributed by atoms with Crippen LogP contribution in [0.25, 0.3) is 0 Å². The molecule has 0 saturated carbocycles. The van der Waals surface area contributed by atoms with E-state index in [0.29, 0.717) is 6.54 Å². The second-order valence-electron chi connectivity index (χ2n) is 4.59. The number of aryl methyl sites for hydroxylation is 1. The summed E-state index contributed by atoms with van der Waals surface area (Å²) in [5.74, 6) is 0. The fourth-order valence-electron chi connectivity index (χ4n) is 2.04. The number of benzene rings is 1. The number of anilines is 1. The first kappa shape index (κ1) is 12.0. The molecule has 1 amide bonds. The number of cyclic esters (lactones) is 1. The highest BCUT2D eigenvalue weighted by Gasteiger charge is 2.31. The Hall–Kier alpha value is -1.51. The minimum Gasteiger partial charge on any atom is -0.444 e. The van der Waals surface area contributed by atoms with Gasteiger partial charge in [0.15, 0.2) is 0 Å². The molecule has 1 aliphatic heterocycles. The smallest absolute Gasteiger partial charge is 0.414 e. The Balaban J connectivity index is 2.02. The summed E-state index contributed by atoms with van der Waals surface area (Å²) in [5.41, 5.74) is 2.13. The predicted molar refractivity (Wildman–Crippen MR) is 68.3 cm³/mol. The third-order valence-electron chi connectivity index (χ3n) is 3.10. The van der Waals surface area contributed by atoms with Gasteiger partial charge >= 0.3 is 6.09 Å². The molecule has 0 N–H and O–H groups in total. The molecule has 0 aromatic heterocycles. The van der Waals surface area contributed by atoms with E-state index in [4.69, 9.17) is 4.74 Å². The SMILES string of the molecule is CCCCC1CN(c2ccc(C)cc2)C(=O)O1. The minimum absolute atomic E-state index is 0.0590. The number of carbonyl (C=O) groups is 1. The number of carbonyl (C=O) groups excluding carboxylic acids is 1. The summed E-state index contributed by atoms with van der Waals surface area (Å²) in [6.45, 7) is 4.87. The summed E-state index contributed by atoms with van der Waals surface area (Å²) in [5, 5.41) is 0. The van der Waals surface area contributed by atoms with Crippen molar-refractivity contribution >= 4 is 11.8 Å². The van der Waals surface area contributed by atoms with Gasteiger partial charge in [-0.25, -0.2) is 4.79 Å². The zero-order chi connectivity index (χ0) is 12.3. The van der Waals surface area contributed by atoms with Gasteiger partial charge in [-0.3, -0.25) is 4.90 Å². The highest BCUT2D eigenvalue weighted by Crippen LogP contribution is 2.23. The third-order valence-corrected chi connectivity index (χ3v) is 3.10. The Morgan fingerprint density at radius 3 is 2.71 bits per heavy atom. The first-order valence-corrected chi connectivity index (χ1v) is 6.25. The number of ether oxygens (including phenoxy) is 1. The molecule has 1 aromatic rings. The van der Waals surface area contributed by atoms with Crippen molar-refractivity contribution in [3.8, 4) is 0 Å². The second kappa shape index (κ2) is 5.21. The monoisotopic (exact) mass is 233 g/mol. The van der Waals surface area contributed by atoms with Gasteiger partial charge in [0.2, 0.25) is 0 Å². The third kappa shape index (κ3) is 2.78. The Morgan fingerprint density at radius 1 is 1.35 bits per heavy atom. The van der Waals surface area contributed by atoms with E-state index in [1.165, 1.54) is 5.56 Å². The van der Waals surface area contributed by atoms with Crippen LogP contribution in [0.15, 0.2) is 24.3 Å². The van der Waals surface area contributed by atoms with Crippen LogP contribution < -0.4 is 4.90 Å². The number of rotatable bonds is 4. The summed E-state index contributed by atoms with van der Waals surface area (Å²) in [4.78, 5) is 13.5. The summed E-state index contributed by atoms with van der Waals surface area (Å²) >= 11 is 0. The van der Waals surface area contributed by atoms with Crippen LogP contribution in [0.5, 0.6) is 0 Å². The fraction of sp³-hybridized carbons (Fsp3) is 0.500. The molecule has 3 heteroatoms. The number of nitrogens with zero attached hydrogens (tertiary/aromatic N) is 1. The lowest BCUT2D eigenvalue weighted by Gasteiger charge is -2.12. The lowest BCUT2D eigenvalue weighted by Crippen LogP contribution is -2.24. The number of amides is 1. The first-order chi connectivity index (χ1) is 8.20. The van der Waals surface area contributed by atoms with Crippen molar-refractivity contribution in [1.82, 2.24) is 0 Å². The maximum atomic E-state index is 11.7. The molecular weight excluding hydrogens is 214 g/mol. The summed E-state index contributed by atoms with van der Waals surface area (Å²) in [6.07, 6.45) is 3.06. The highest BCUT2D eigenvalue weighted by atomic mass is 16.6. The van der Waals surface area contributed by atoms with Crippen LogP contribution in [-0.4, -0.2) is 18.7 Å². The van der Waals surface area contributed by atoms with Crippen LogP contribution in [0.3, 0.4) is 0 Å². The summed E-state index contributed by atoms with van der Waals surface area (Å²) < 4.78 is 5.35. The van der Waals surface area contributed by atoms with Crippen LogP contribution in [-0.2, 0) is 4.74 Å². The molecule has 1 fully saturated rings. The van der Waals surface area contributed by atoms with Gasteiger partial charge < -0.3 is 4.74 Å². The number of hydrogen-bond acceptors (Lipinski definition) is 2. The molecule has 1 unspecified atom stereocenters. The average molecular weight is 233 g/mol. The molecule has 2 rings (SSSR count). The Morgan fingerprint density at radius 2 is 2.06 bits per heavy atom.